The zero-order valence-electron chi connectivity index (χ0n) is 26.3. The first-order valence-electron chi connectivity index (χ1n) is 16.3. The Labute approximate surface area is 267 Å². The van der Waals surface area contributed by atoms with Crippen molar-refractivity contribution in [3.8, 4) is 22.3 Å². The number of allylic oxidation sites excluding steroid dienone is 6. The summed E-state index contributed by atoms with van der Waals surface area (Å²) in [4.78, 5) is 0. The van der Waals surface area contributed by atoms with Gasteiger partial charge in [0.2, 0.25) is 0 Å². The minimum Gasteiger partial charge on any atom is -0.0842 e. The summed E-state index contributed by atoms with van der Waals surface area (Å²) in [6, 6.07) is 43.2. The van der Waals surface area contributed by atoms with Gasteiger partial charge >= 0.3 is 0 Å². The summed E-state index contributed by atoms with van der Waals surface area (Å²) in [5.74, 6) is 0.732. The van der Waals surface area contributed by atoms with Gasteiger partial charge in [0.05, 0.1) is 0 Å². The van der Waals surface area contributed by atoms with Crippen molar-refractivity contribution >= 4 is 27.1 Å². The van der Waals surface area contributed by atoms with E-state index >= 15 is 0 Å². The predicted molar refractivity (Wildman–Crippen MR) is 194 cm³/mol. The van der Waals surface area contributed by atoms with E-state index in [4.69, 9.17) is 0 Å². The molecule has 6 aromatic rings. The van der Waals surface area contributed by atoms with Crippen LogP contribution in [0.3, 0.4) is 0 Å². The molecule has 0 fully saturated rings. The van der Waals surface area contributed by atoms with E-state index in [-0.39, 0.29) is 0 Å². The monoisotopic (exact) mass is 578 g/mol. The first kappa shape index (κ1) is 27.6. The fourth-order valence-electron chi connectivity index (χ4n) is 7.76. The number of hydrogen-bond acceptors (Lipinski definition) is 0. The van der Waals surface area contributed by atoms with E-state index in [1.807, 2.05) is 0 Å². The van der Waals surface area contributed by atoms with Gasteiger partial charge in [-0.05, 0) is 123 Å². The molecule has 0 saturated heterocycles. The Kier molecular flexibility index (Phi) is 6.87. The Bertz CT molecular complexity index is 2130. The van der Waals surface area contributed by atoms with Crippen molar-refractivity contribution in [1.82, 2.24) is 0 Å². The number of aryl methyl sites for hydroxylation is 3. The molecule has 2 aliphatic rings. The zero-order valence-corrected chi connectivity index (χ0v) is 26.3. The Hall–Kier alpha value is -4.94. The molecule has 8 rings (SSSR count). The van der Waals surface area contributed by atoms with Crippen molar-refractivity contribution in [3.05, 3.63) is 173 Å². The third kappa shape index (κ3) is 4.77. The van der Waals surface area contributed by atoms with Crippen molar-refractivity contribution in [2.45, 2.75) is 39.5 Å². The molecule has 2 aliphatic carbocycles. The predicted octanol–water partition coefficient (Wildman–Crippen LogP) is 12.3. The maximum Gasteiger partial charge on any atom is 0.0103 e. The second-order valence-electron chi connectivity index (χ2n) is 13.0. The Morgan fingerprint density at radius 1 is 0.533 bits per heavy atom. The lowest BCUT2D eigenvalue weighted by Gasteiger charge is -2.35. The van der Waals surface area contributed by atoms with Gasteiger partial charge in [-0.2, -0.15) is 0 Å². The smallest absolute Gasteiger partial charge is 0.0103 e. The van der Waals surface area contributed by atoms with Crippen molar-refractivity contribution in [1.29, 1.82) is 0 Å². The van der Waals surface area contributed by atoms with E-state index in [9.17, 15) is 0 Å². The van der Waals surface area contributed by atoms with E-state index in [2.05, 4.69) is 160 Å². The van der Waals surface area contributed by atoms with Crippen molar-refractivity contribution < 1.29 is 0 Å². The van der Waals surface area contributed by atoms with Crippen LogP contribution < -0.4 is 0 Å². The molecule has 0 heterocycles. The van der Waals surface area contributed by atoms with E-state index in [0.29, 0.717) is 11.8 Å². The molecule has 0 saturated carbocycles. The molecule has 0 radical (unpaired) electrons. The molecular formula is C45H38. The molecule has 0 spiro atoms. The fraction of sp³-hybridized carbons (Fsp3) is 0.156. The molecule has 0 bridgehead atoms. The van der Waals surface area contributed by atoms with Gasteiger partial charge in [0.1, 0.15) is 0 Å². The quantitative estimate of drug-likeness (QED) is 0.183. The Balaban J connectivity index is 1.29. The molecule has 2 atom stereocenters. The maximum absolute atomic E-state index is 2.52. The van der Waals surface area contributed by atoms with Gasteiger partial charge in [0, 0.05) is 5.92 Å². The summed E-state index contributed by atoms with van der Waals surface area (Å²) >= 11 is 0. The Morgan fingerprint density at radius 3 is 1.89 bits per heavy atom. The van der Waals surface area contributed by atoms with E-state index in [1.54, 1.807) is 0 Å². The van der Waals surface area contributed by atoms with E-state index < -0.39 is 0 Å². The number of benzene rings is 6. The minimum absolute atomic E-state index is 0.304. The van der Waals surface area contributed by atoms with Crippen LogP contribution in [0.4, 0.5) is 0 Å². The van der Waals surface area contributed by atoms with Crippen LogP contribution in [0.1, 0.15) is 46.6 Å². The van der Waals surface area contributed by atoms with Gasteiger partial charge in [0.25, 0.3) is 0 Å². The molecule has 0 heteroatoms. The van der Waals surface area contributed by atoms with Crippen LogP contribution in [0.2, 0.25) is 0 Å². The highest BCUT2D eigenvalue weighted by molar-refractivity contribution is 6.15. The second kappa shape index (κ2) is 11.2. The van der Waals surface area contributed by atoms with Gasteiger partial charge < -0.3 is 0 Å². The van der Waals surface area contributed by atoms with Gasteiger partial charge in [-0.3, -0.25) is 0 Å². The lowest BCUT2D eigenvalue weighted by molar-refractivity contribution is 0.513. The van der Waals surface area contributed by atoms with Crippen molar-refractivity contribution in [3.63, 3.8) is 0 Å². The maximum atomic E-state index is 2.52. The average molecular weight is 579 g/mol. The summed E-state index contributed by atoms with van der Waals surface area (Å²) < 4.78 is 0. The largest absolute Gasteiger partial charge is 0.0842 e. The van der Waals surface area contributed by atoms with Crippen molar-refractivity contribution in [2.75, 3.05) is 0 Å². The molecule has 0 aromatic heterocycles. The number of hydrogen-bond donors (Lipinski definition) is 0. The summed E-state index contributed by atoms with van der Waals surface area (Å²) in [6.07, 6.45) is 12.0. The lowest BCUT2D eigenvalue weighted by atomic mass is 9.68. The highest BCUT2D eigenvalue weighted by Crippen LogP contribution is 2.50. The minimum atomic E-state index is 0.304. The SMILES string of the molecule is Cc1ccc(-c2c3ccccc3c(C3C=CC(c4cccc(-c5ccc(C)c(C)c5)c4)=C4C=CCCC43)c3ccccc23)cc1. The molecule has 0 N–H and O–H groups in total. The fourth-order valence-corrected chi connectivity index (χ4v) is 7.76. The van der Waals surface area contributed by atoms with Crippen LogP contribution in [-0.2, 0) is 0 Å². The van der Waals surface area contributed by atoms with Crippen LogP contribution in [0.25, 0.3) is 49.4 Å². The topological polar surface area (TPSA) is 0 Å². The zero-order chi connectivity index (χ0) is 30.5. The molecule has 0 aliphatic heterocycles. The molecule has 6 aromatic carbocycles. The van der Waals surface area contributed by atoms with Gasteiger partial charge in [-0.15, -0.1) is 0 Å². The Morgan fingerprint density at radius 2 is 1.18 bits per heavy atom. The van der Waals surface area contributed by atoms with Crippen LogP contribution >= 0.6 is 0 Å². The van der Waals surface area contributed by atoms with Crippen LogP contribution in [0.5, 0.6) is 0 Å². The average Bonchev–Trinajstić information content (AvgIpc) is 3.08. The lowest BCUT2D eigenvalue weighted by Crippen LogP contribution is -2.20. The van der Waals surface area contributed by atoms with Crippen molar-refractivity contribution in [2.24, 2.45) is 5.92 Å². The first-order chi connectivity index (χ1) is 22.1. The van der Waals surface area contributed by atoms with Gasteiger partial charge in [-0.1, -0.05) is 139 Å². The van der Waals surface area contributed by atoms with Crippen LogP contribution in [0, 0.1) is 26.7 Å². The third-order valence-corrected chi connectivity index (χ3v) is 10.2. The number of rotatable bonds is 4. The summed E-state index contributed by atoms with van der Waals surface area (Å²) in [7, 11) is 0. The molecule has 2 unspecified atom stereocenters. The summed E-state index contributed by atoms with van der Waals surface area (Å²) in [5, 5.41) is 5.42. The summed E-state index contributed by atoms with van der Waals surface area (Å²) in [6.45, 7) is 6.55. The molecule has 0 amide bonds. The highest BCUT2D eigenvalue weighted by Gasteiger charge is 2.32. The molecule has 0 nitrogen and oxygen atoms in total. The molecular weight excluding hydrogens is 540 g/mol. The third-order valence-electron chi connectivity index (χ3n) is 10.2. The standard InChI is InChI=1S/C45H38/c1-29-19-22-32(23-20-29)44-39-15-6-8-17-41(39)45(42-18-9-7-16-40(42)44)43-26-25-36(37-13-4-5-14-38(37)43)35-12-10-11-33(28-35)34-24-21-30(2)31(3)27-34/h4,6-13,15-28,38,43H,5,14H2,1-3H3. The van der Waals surface area contributed by atoms with E-state index in [1.165, 1.54) is 82.8 Å². The normalized spacial score (nSPS) is 17.7. The first-order valence-corrected chi connectivity index (χ1v) is 16.3. The molecule has 218 valence electrons. The number of fused-ring (bicyclic) bond motifs is 3. The van der Waals surface area contributed by atoms with Gasteiger partial charge in [0.15, 0.2) is 0 Å². The highest BCUT2D eigenvalue weighted by atomic mass is 14.4. The van der Waals surface area contributed by atoms with Crippen LogP contribution in [-0.4, -0.2) is 0 Å². The van der Waals surface area contributed by atoms with Gasteiger partial charge in [-0.25, -0.2) is 0 Å². The van der Waals surface area contributed by atoms with Crippen LogP contribution in [0.15, 0.2) is 145 Å². The second-order valence-corrected chi connectivity index (χ2v) is 13.0. The van der Waals surface area contributed by atoms with E-state index in [0.717, 1.165) is 12.8 Å². The molecule has 45 heavy (non-hydrogen) atoms. The summed E-state index contributed by atoms with van der Waals surface area (Å²) in [5.41, 5.74) is 14.8.